The minimum atomic E-state index is -0.509. The van der Waals surface area contributed by atoms with E-state index in [9.17, 15) is 9.59 Å². The minimum Gasteiger partial charge on any atom is -0.298 e. The van der Waals surface area contributed by atoms with Crippen LogP contribution in [0.1, 0.15) is 101 Å². The van der Waals surface area contributed by atoms with Gasteiger partial charge in [-0.3, -0.25) is 19.5 Å². The molecule has 1 unspecified atom stereocenters. The second kappa shape index (κ2) is 12.5. The molecule has 200 valence electrons. The molecule has 0 radical (unpaired) electrons. The lowest BCUT2D eigenvalue weighted by atomic mass is 9.69. The molecule has 5 heteroatoms. The lowest BCUT2D eigenvalue weighted by Crippen LogP contribution is -2.51. The van der Waals surface area contributed by atoms with Gasteiger partial charge in [0, 0.05) is 22.2 Å². The maximum atomic E-state index is 12.4. The summed E-state index contributed by atoms with van der Waals surface area (Å²) in [5.41, 5.74) is 2.78. The molecule has 37 heavy (non-hydrogen) atoms. The van der Waals surface area contributed by atoms with Crippen molar-refractivity contribution in [2.45, 2.75) is 84.8 Å². The highest BCUT2D eigenvalue weighted by Crippen LogP contribution is 2.47. The van der Waals surface area contributed by atoms with Crippen molar-refractivity contribution in [3.05, 3.63) is 70.2 Å². The Labute approximate surface area is 228 Å². The summed E-state index contributed by atoms with van der Waals surface area (Å²) >= 11 is 6.28. The molecule has 0 N–H and O–H groups in total. The average Bonchev–Trinajstić information content (AvgIpc) is 2.87. The smallest absolute Gasteiger partial charge is 0.168 e. The number of hydrogen-bond donors (Lipinski definition) is 0. The van der Waals surface area contributed by atoms with E-state index in [0.29, 0.717) is 28.1 Å². The molecule has 4 nitrogen and oxygen atoms in total. The van der Waals surface area contributed by atoms with Gasteiger partial charge in [-0.2, -0.15) is 0 Å². The third-order valence-corrected chi connectivity index (χ3v) is 8.41. The fourth-order valence-corrected chi connectivity index (χ4v) is 5.87. The van der Waals surface area contributed by atoms with E-state index in [1.807, 2.05) is 36.4 Å². The first-order valence-electron chi connectivity index (χ1n) is 13.6. The average molecular weight is 523 g/mol. The third-order valence-electron chi connectivity index (χ3n) is 8.17. The number of aliphatic imine (C=N–C) groups is 1. The maximum Gasteiger partial charge on any atom is 0.168 e. The summed E-state index contributed by atoms with van der Waals surface area (Å²) in [5, 5.41) is 0.593. The Balaban J connectivity index is 2.08. The molecule has 0 aromatic heterocycles. The molecular weight excluding hydrogens is 480 g/mol. The second-order valence-electron chi connectivity index (χ2n) is 12.1. The summed E-state index contributed by atoms with van der Waals surface area (Å²) in [6.45, 7) is 11.5. The Morgan fingerprint density at radius 3 is 2.24 bits per heavy atom. The van der Waals surface area contributed by atoms with E-state index in [-0.39, 0.29) is 11.5 Å². The van der Waals surface area contributed by atoms with Crippen molar-refractivity contribution in [3.63, 3.8) is 0 Å². The van der Waals surface area contributed by atoms with Crippen LogP contribution in [0.5, 0.6) is 0 Å². The van der Waals surface area contributed by atoms with Gasteiger partial charge in [0.25, 0.3) is 0 Å². The molecule has 1 atom stereocenters. The number of benzene rings is 2. The highest BCUT2D eigenvalue weighted by Gasteiger charge is 2.44. The second-order valence-corrected chi connectivity index (χ2v) is 12.6. The first-order chi connectivity index (χ1) is 17.5. The molecule has 0 heterocycles. The molecule has 1 fully saturated rings. The Morgan fingerprint density at radius 2 is 1.73 bits per heavy atom. The van der Waals surface area contributed by atoms with E-state index in [2.05, 4.69) is 58.7 Å². The number of carbonyl (C=O) groups excluding carboxylic acids is 2. The Bertz CT molecular complexity index is 1080. The van der Waals surface area contributed by atoms with Gasteiger partial charge in [-0.15, -0.1) is 0 Å². The van der Waals surface area contributed by atoms with Crippen LogP contribution in [0.4, 0.5) is 0 Å². The van der Waals surface area contributed by atoms with E-state index in [1.54, 1.807) is 0 Å². The molecule has 0 saturated heterocycles. The van der Waals surface area contributed by atoms with Crippen molar-refractivity contribution in [2.75, 3.05) is 7.05 Å². The van der Waals surface area contributed by atoms with E-state index in [0.717, 1.165) is 56.7 Å². The first kappa shape index (κ1) is 29.3. The van der Waals surface area contributed by atoms with Gasteiger partial charge in [0.2, 0.25) is 0 Å². The zero-order valence-corrected chi connectivity index (χ0v) is 24.1. The van der Waals surface area contributed by atoms with E-state index >= 15 is 0 Å². The predicted octanol–water partition coefficient (Wildman–Crippen LogP) is 8.18. The van der Waals surface area contributed by atoms with Crippen molar-refractivity contribution in [2.24, 2.45) is 22.2 Å². The summed E-state index contributed by atoms with van der Waals surface area (Å²) in [7, 11) is 2.17. The van der Waals surface area contributed by atoms with Gasteiger partial charge in [0.05, 0.1) is 0 Å². The molecule has 0 aliphatic heterocycles. The third kappa shape index (κ3) is 7.39. The fourth-order valence-electron chi connectivity index (χ4n) is 5.68. The SMILES string of the molecule is CC(C)CCC(c1ccc(C=O)cc1)N(C)C1(/N=C(\C=O)c2cccc(Cl)c2)CCC(C(C)(C)C)CC1. The highest BCUT2D eigenvalue weighted by molar-refractivity contribution is 6.37. The molecule has 2 aromatic carbocycles. The summed E-state index contributed by atoms with van der Waals surface area (Å²) in [5.74, 6) is 1.18. The Morgan fingerprint density at radius 1 is 1.08 bits per heavy atom. The van der Waals surface area contributed by atoms with Crippen molar-refractivity contribution in [3.8, 4) is 0 Å². The molecule has 1 saturated carbocycles. The van der Waals surface area contributed by atoms with E-state index in [1.165, 1.54) is 5.56 Å². The summed E-state index contributed by atoms with van der Waals surface area (Å²) < 4.78 is 0. The topological polar surface area (TPSA) is 49.7 Å². The van der Waals surface area contributed by atoms with Crippen molar-refractivity contribution in [1.29, 1.82) is 0 Å². The molecule has 1 aliphatic carbocycles. The predicted molar refractivity (Wildman–Crippen MR) is 155 cm³/mol. The van der Waals surface area contributed by atoms with Gasteiger partial charge in [-0.1, -0.05) is 82.6 Å². The quantitative estimate of drug-likeness (QED) is 0.233. The number of hydrogen-bond acceptors (Lipinski definition) is 4. The number of aldehydes is 2. The van der Waals surface area contributed by atoms with Gasteiger partial charge in [0.1, 0.15) is 17.7 Å². The highest BCUT2D eigenvalue weighted by atomic mass is 35.5. The van der Waals surface area contributed by atoms with E-state index in [4.69, 9.17) is 16.6 Å². The number of carbonyl (C=O) groups is 2. The van der Waals surface area contributed by atoms with Crippen LogP contribution >= 0.6 is 11.6 Å². The summed E-state index contributed by atoms with van der Waals surface area (Å²) in [4.78, 5) is 31.4. The molecular formula is C32H43ClN2O2. The van der Waals surface area contributed by atoms with Gasteiger partial charge < -0.3 is 0 Å². The zero-order valence-electron chi connectivity index (χ0n) is 23.3. The fraction of sp³-hybridized carbons (Fsp3) is 0.531. The molecule has 0 bridgehead atoms. The monoisotopic (exact) mass is 522 g/mol. The van der Waals surface area contributed by atoms with Crippen LogP contribution in [-0.4, -0.2) is 35.9 Å². The van der Waals surface area contributed by atoms with E-state index < -0.39 is 5.66 Å². The normalized spacial score (nSPS) is 21.8. The molecule has 3 rings (SSSR count). The van der Waals surface area contributed by atoms with Crippen LogP contribution in [0, 0.1) is 17.3 Å². The number of halogens is 1. The molecule has 0 amide bonds. The Kier molecular flexibility index (Phi) is 9.88. The van der Waals surface area contributed by atoms with Gasteiger partial charge in [0.15, 0.2) is 6.29 Å². The van der Waals surface area contributed by atoms with Crippen molar-refractivity contribution in [1.82, 2.24) is 4.90 Å². The lowest BCUT2D eigenvalue weighted by Gasteiger charge is -2.49. The standard InChI is InChI=1S/C32H43ClN2O2/c1-23(2)10-15-30(25-13-11-24(21-36)12-14-25)35(6)32(18-16-27(17-19-32)31(3,4)5)34-29(22-37)26-8-7-9-28(33)20-26/h7-9,11-14,20-23,27,30H,10,15-19H2,1-6H3/b34-29+. The van der Waals surface area contributed by atoms with Crippen molar-refractivity contribution >= 4 is 29.9 Å². The van der Waals surface area contributed by atoms with Gasteiger partial charge in [-0.25, -0.2) is 0 Å². The van der Waals surface area contributed by atoms with Crippen LogP contribution in [-0.2, 0) is 4.79 Å². The first-order valence-corrected chi connectivity index (χ1v) is 14.0. The number of nitrogens with zero attached hydrogens (tertiary/aromatic N) is 2. The maximum absolute atomic E-state index is 12.4. The zero-order chi connectivity index (χ0) is 27.2. The largest absolute Gasteiger partial charge is 0.298 e. The number of rotatable bonds is 10. The van der Waals surface area contributed by atoms with Gasteiger partial charge >= 0.3 is 0 Å². The molecule has 1 aliphatic rings. The Hall–Kier alpha value is -2.30. The minimum absolute atomic E-state index is 0.116. The van der Waals surface area contributed by atoms with Crippen molar-refractivity contribution < 1.29 is 9.59 Å². The molecule has 0 spiro atoms. The molecule has 2 aromatic rings. The lowest BCUT2D eigenvalue weighted by molar-refractivity contribution is -0.102. The van der Waals surface area contributed by atoms with Crippen LogP contribution < -0.4 is 0 Å². The van der Waals surface area contributed by atoms with Gasteiger partial charge in [-0.05, 0) is 80.5 Å². The van der Waals surface area contributed by atoms with Crippen LogP contribution in [0.2, 0.25) is 5.02 Å². The summed E-state index contributed by atoms with van der Waals surface area (Å²) in [6, 6.07) is 15.5. The van der Waals surface area contributed by atoms with Crippen LogP contribution in [0.3, 0.4) is 0 Å². The van der Waals surface area contributed by atoms with Crippen LogP contribution in [0.25, 0.3) is 0 Å². The summed E-state index contributed by atoms with van der Waals surface area (Å²) in [6.07, 6.45) is 7.68. The van der Waals surface area contributed by atoms with Crippen LogP contribution in [0.15, 0.2) is 53.5 Å².